The summed E-state index contributed by atoms with van der Waals surface area (Å²) < 4.78 is 33.7. The Labute approximate surface area is 202 Å². The minimum atomic E-state index is -0.681. The quantitative estimate of drug-likeness (QED) is 0.514. The van der Waals surface area contributed by atoms with Gasteiger partial charge in [0.15, 0.2) is 0 Å². The van der Waals surface area contributed by atoms with Gasteiger partial charge in [0.05, 0.1) is 12.0 Å². The predicted molar refractivity (Wildman–Crippen MR) is 126 cm³/mol. The molecule has 2 saturated heterocycles. The molecule has 35 heavy (non-hydrogen) atoms. The molecule has 3 aromatic carbocycles. The van der Waals surface area contributed by atoms with E-state index >= 15 is 0 Å². The lowest BCUT2D eigenvalue weighted by Crippen LogP contribution is -2.45. The Morgan fingerprint density at radius 3 is 2.29 bits per heavy atom. The molecular weight excluding hydrogens is 450 g/mol. The Kier molecular flexibility index (Phi) is 6.59. The van der Waals surface area contributed by atoms with Crippen LogP contribution in [-0.4, -0.2) is 47.5 Å². The first kappa shape index (κ1) is 23.2. The zero-order valence-electron chi connectivity index (χ0n) is 19.1. The average Bonchev–Trinajstić information content (AvgIpc) is 3.43. The Bertz CT molecular complexity index is 1210. The first-order valence-corrected chi connectivity index (χ1v) is 11.7. The fourth-order valence-corrected chi connectivity index (χ4v) is 5.17. The van der Waals surface area contributed by atoms with E-state index in [4.69, 9.17) is 4.74 Å². The second kappa shape index (κ2) is 9.96. The van der Waals surface area contributed by atoms with E-state index in [0.717, 1.165) is 17.2 Å². The van der Waals surface area contributed by atoms with Crippen molar-refractivity contribution in [2.45, 2.75) is 24.9 Å². The summed E-state index contributed by atoms with van der Waals surface area (Å²) in [5.74, 6) is -2.91. The molecule has 0 aliphatic carbocycles. The summed E-state index contributed by atoms with van der Waals surface area (Å²) in [6.07, 6.45) is -0.190. The second-order valence-corrected chi connectivity index (χ2v) is 9.19. The zero-order chi connectivity index (χ0) is 24.4. The van der Waals surface area contributed by atoms with Crippen LogP contribution in [0.15, 0.2) is 78.9 Å². The molecule has 0 spiro atoms. The van der Waals surface area contributed by atoms with E-state index in [1.807, 2.05) is 60.7 Å². The van der Waals surface area contributed by atoms with Crippen molar-refractivity contribution in [2.75, 3.05) is 19.7 Å². The number of carbonyl (C=O) groups is 2. The molecule has 0 radical (unpaired) electrons. The monoisotopic (exact) mass is 476 g/mol. The number of rotatable bonds is 6. The van der Waals surface area contributed by atoms with Gasteiger partial charge in [0.25, 0.3) is 0 Å². The minimum absolute atomic E-state index is 0.121. The SMILES string of the molecule is O=C1OC[C@@H](Cc2ccccc2)N1C(=O)[C@@H]1CN(Cc2ccccc2)C[C@H]1c1ccc(F)cc1F. The van der Waals surface area contributed by atoms with Gasteiger partial charge in [-0.2, -0.15) is 0 Å². The van der Waals surface area contributed by atoms with Crippen molar-refractivity contribution >= 4 is 12.0 Å². The molecule has 180 valence electrons. The highest BCUT2D eigenvalue weighted by molar-refractivity contribution is 5.95. The highest BCUT2D eigenvalue weighted by Gasteiger charge is 2.47. The van der Waals surface area contributed by atoms with E-state index in [1.165, 1.54) is 17.0 Å². The maximum Gasteiger partial charge on any atom is 0.416 e. The van der Waals surface area contributed by atoms with Crippen LogP contribution in [0, 0.1) is 17.6 Å². The summed E-state index contributed by atoms with van der Waals surface area (Å²) in [5, 5.41) is 0. The normalized spacial score (nSPS) is 22.4. The molecule has 3 aromatic rings. The fourth-order valence-electron chi connectivity index (χ4n) is 5.17. The smallest absolute Gasteiger partial charge is 0.416 e. The first-order valence-electron chi connectivity index (χ1n) is 11.7. The average molecular weight is 477 g/mol. The van der Waals surface area contributed by atoms with Gasteiger partial charge in [-0.15, -0.1) is 0 Å². The van der Waals surface area contributed by atoms with Gasteiger partial charge in [-0.05, 0) is 29.2 Å². The molecule has 5 rings (SSSR count). The number of likely N-dealkylation sites (tertiary alicyclic amines) is 1. The van der Waals surface area contributed by atoms with Gasteiger partial charge in [-0.25, -0.2) is 18.5 Å². The molecular formula is C28H26F2N2O3. The van der Waals surface area contributed by atoms with E-state index in [-0.39, 0.29) is 18.1 Å². The number of hydrogen-bond acceptors (Lipinski definition) is 4. The number of carbonyl (C=O) groups excluding carboxylic acids is 2. The first-order chi connectivity index (χ1) is 17.0. The van der Waals surface area contributed by atoms with Crippen molar-refractivity contribution in [3.63, 3.8) is 0 Å². The van der Waals surface area contributed by atoms with E-state index in [2.05, 4.69) is 4.90 Å². The maximum atomic E-state index is 14.8. The number of amides is 2. The van der Waals surface area contributed by atoms with Crippen LogP contribution >= 0.6 is 0 Å². The van der Waals surface area contributed by atoms with Crippen LogP contribution in [0.5, 0.6) is 0 Å². The summed E-state index contributed by atoms with van der Waals surface area (Å²) in [7, 11) is 0. The van der Waals surface area contributed by atoms with Crippen LogP contribution in [0.2, 0.25) is 0 Å². The number of ether oxygens (including phenoxy) is 1. The molecule has 2 fully saturated rings. The minimum Gasteiger partial charge on any atom is -0.447 e. The summed E-state index contributed by atoms with van der Waals surface area (Å²) in [6, 6.07) is 22.5. The van der Waals surface area contributed by atoms with E-state index < -0.39 is 35.6 Å². The van der Waals surface area contributed by atoms with Crippen molar-refractivity contribution < 1.29 is 23.1 Å². The van der Waals surface area contributed by atoms with Crippen LogP contribution in [0.25, 0.3) is 0 Å². The van der Waals surface area contributed by atoms with Gasteiger partial charge in [-0.3, -0.25) is 9.69 Å². The Hall–Kier alpha value is -3.58. The van der Waals surface area contributed by atoms with Crippen LogP contribution in [0.3, 0.4) is 0 Å². The lowest BCUT2D eigenvalue weighted by molar-refractivity contribution is -0.133. The van der Waals surface area contributed by atoms with Gasteiger partial charge < -0.3 is 4.74 Å². The number of benzene rings is 3. The fraction of sp³-hybridized carbons (Fsp3) is 0.286. The molecule has 2 aliphatic rings. The maximum absolute atomic E-state index is 14.8. The van der Waals surface area contributed by atoms with E-state index in [0.29, 0.717) is 26.1 Å². The highest BCUT2D eigenvalue weighted by Crippen LogP contribution is 2.37. The molecule has 3 atom stereocenters. The summed E-state index contributed by atoms with van der Waals surface area (Å²) in [5.41, 5.74) is 2.35. The van der Waals surface area contributed by atoms with Crippen LogP contribution in [0.4, 0.5) is 13.6 Å². The summed E-state index contributed by atoms with van der Waals surface area (Å²) in [4.78, 5) is 29.8. The van der Waals surface area contributed by atoms with Crippen LogP contribution in [0.1, 0.15) is 22.6 Å². The number of imide groups is 1. The van der Waals surface area contributed by atoms with Crippen molar-refractivity contribution in [3.8, 4) is 0 Å². The molecule has 0 saturated carbocycles. The number of halogens is 2. The lowest BCUT2D eigenvalue weighted by Gasteiger charge is -2.26. The lowest BCUT2D eigenvalue weighted by atomic mass is 9.87. The molecule has 5 nitrogen and oxygen atoms in total. The number of nitrogens with zero attached hydrogens (tertiary/aromatic N) is 2. The number of cyclic esters (lactones) is 1. The summed E-state index contributed by atoms with van der Waals surface area (Å²) >= 11 is 0. The summed E-state index contributed by atoms with van der Waals surface area (Å²) in [6.45, 7) is 1.48. The van der Waals surface area contributed by atoms with Gasteiger partial charge >= 0.3 is 6.09 Å². The van der Waals surface area contributed by atoms with Crippen LogP contribution < -0.4 is 0 Å². The van der Waals surface area contributed by atoms with Crippen molar-refractivity contribution in [1.29, 1.82) is 0 Å². The third kappa shape index (κ3) is 4.95. The molecule has 2 aliphatic heterocycles. The van der Waals surface area contributed by atoms with Gasteiger partial charge in [0, 0.05) is 31.6 Å². The molecule has 2 amide bonds. The molecule has 0 unspecified atom stereocenters. The Balaban J connectivity index is 1.42. The molecule has 0 bridgehead atoms. The van der Waals surface area contributed by atoms with Crippen molar-refractivity contribution in [3.05, 3.63) is 107 Å². The number of hydrogen-bond donors (Lipinski definition) is 0. The van der Waals surface area contributed by atoms with Crippen LogP contribution in [-0.2, 0) is 22.5 Å². The third-order valence-corrected chi connectivity index (χ3v) is 6.84. The van der Waals surface area contributed by atoms with Gasteiger partial charge in [0.1, 0.15) is 18.2 Å². The molecule has 7 heteroatoms. The molecule has 0 aromatic heterocycles. The topological polar surface area (TPSA) is 49.9 Å². The van der Waals surface area contributed by atoms with Gasteiger partial charge in [-0.1, -0.05) is 66.7 Å². The standard InChI is InChI=1S/C28H26F2N2O3/c29-21-11-12-23(26(30)14-21)24-16-31(15-20-9-5-2-6-10-20)17-25(24)27(33)32-22(18-35-28(32)34)13-19-7-3-1-4-8-19/h1-12,14,22,24-25H,13,15-18H2/t22-,24+,25-/m1/s1. The Morgan fingerprint density at radius 2 is 1.60 bits per heavy atom. The highest BCUT2D eigenvalue weighted by atomic mass is 19.1. The van der Waals surface area contributed by atoms with E-state index in [1.54, 1.807) is 0 Å². The van der Waals surface area contributed by atoms with Crippen molar-refractivity contribution in [2.24, 2.45) is 5.92 Å². The Morgan fingerprint density at radius 1 is 0.914 bits per heavy atom. The second-order valence-electron chi connectivity index (χ2n) is 9.19. The molecule has 0 N–H and O–H groups in total. The molecule has 2 heterocycles. The van der Waals surface area contributed by atoms with Gasteiger partial charge in [0.2, 0.25) is 5.91 Å². The largest absolute Gasteiger partial charge is 0.447 e. The zero-order valence-corrected chi connectivity index (χ0v) is 19.1. The predicted octanol–water partition coefficient (Wildman–Crippen LogP) is 4.77. The van der Waals surface area contributed by atoms with E-state index in [9.17, 15) is 18.4 Å². The third-order valence-electron chi connectivity index (χ3n) is 6.84. The van der Waals surface area contributed by atoms with Crippen molar-refractivity contribution in [1.82, 2.24) is 9.80 Å².